The highest BCUT2D eigenvalue weighted by Gasteiger charge is 2.22. The molecule has 1 aliphatic rings. The zero-order valence-electron chi connectivity index (χ0n) is 15.0. The summed E-state index contributed by atoms with van der Waals surface area (Å²) in [5.74, 6) is 1.71. The number of aromatic nitrogens is 4. The summed E-state index contributed by atoms with van der Waals surface area (Å²) in [6.45, 7) is 3.47. The Morgan fingerprint density at radius 1 is 1.15 bits per heavy atom. The second-order valence-corrected chi connectivity index (χ2v) is 6.84. The predicted octanol–water partition coefficient (Wildman–Crippen LogP) is 2.09. The maximum Gasteiger partial charge on any atom is 0.203 e. The largest absolute Gasteiger partial charge is 0.493 e. The van der Waals surface area contributed by atoms with Gasteiger partial charge in [0.05, 0.1) is 12.8 Å². The summed E-state index contributed by atoms with van der Waals surface area (Å²) >= 11 is 4.42. The number of nitrogens with two attached hydrogens (primary N) is 1. The van der Waals surface area contributed by atoms with Gasteiger partial charge in [0.1, 0.15) is 5.69 Å². The molecule has 4 rings (SSSR count). The fraction of sp³-hybridized carbons (Fsp3) is 0.278. The molecule has 8 nitrogen and oxygen atoms in total. The number of rotatable bonds is 4. The van der Waals surface area contributed by atoms with E-state index in [-0.39, 0.29) is 0 Å². The molecule has 1 saturated heterocycles. The fourth-order valence-electron chi connectivity index (χ4n) is 3.10. The van der Waals surface area contributed by atoms with Crippen molar-refractivity contribution in [3.8, 4) is 28.3 Å². The number of imidazole rings is 1. The molecule has 0 aliphatic carbocycles. The zero-order chi connectivity index (χ0) is 18.8. The number of nitrogens with one attached hydrogen (secondary N) is 1. The van der Waals surface area contributed by atoms with Crippen LogP contribution in [0.4, 0.5) is 11.8 Å². The number of H-pyrrole nitrogens is 1. The van der Waals surface area contributed by atoms with Crippen molar-refractivity contribution in [2.45, 2.75) is 0 Å². The van der Waals surface area contributed by atoms with E-state index in [1.807, 2.05) is 22.5 Å². The molecule has 140 valence electrons. The molecule has 0 aromatic carbocycles. The minimum atomic E-state index is 0.354. The van der Waals surface area contributed by atoms with Gasteiger partial charge in [-0.1, -0.05) is 12.8 Å². The number of ether oxygens (including phenoxy) is 1. The van der Waals surface area contributed by atoms with Gasteiger partial charge in [0.15, 0.2) is 11.6 Å². The van der Waals surface area contributed by atoms with Crippen LogP contribution in [0.5, 0.6) is 5.75 Å². The standard InChI is InChI=1S/C18H21N7OS/c1-26-14-10-13(11-21-17(14)19)16-15(12-2-4-20-5-3-12)22-18(23-16)24-6-8-25(27)9-7-24/h2-5,10-11,27H,6-9H2,1H3,(H2,19,21)(H,22,23). The Hall–Kier alpha value is -2.78. The lowest BCUT2D eigenvalue weighted by molar-refractivity contribution is 0.415. The molecule has 0 amide bonds. The molecule has 4 heterocycles. The van der Waals surface area contributed by atoms with Crippen molar-refractivity contribution in [1.82, 2.24) is 24.2 Å². The first-order chi connectivity index (χ1) is 13.2. The van der Waals surface area contributed by atoms with E-state index in [0.717, 1.165) is 54.6 Å². The average Bonchev–Trinajstić information content (AvgIpc) is 3.15. The number of hydrogen-bond acceptors (Lipinski definition) is 8. The SMILES string of the molecule is COc1cc(-c2nc(N3CCN(S)CC3)[nH]c2-c2ccncc2)cnc1N. The van der Waals surface area contributed by atoms with E-state index in [0.29, 0.717) is 11.6 Å². The third kappa shape index (κ3) is 3.56. The third-order valence-electron chi connectivity index (χ3n) is 4.59. The van der Waals surface area contributed by atoms with Crippen LogP contribution >= 0.6 is 12.8 Å². The molecule has 0 bridgehead atoms. The molecule has 0 spiro atoms. The smallest absolute Gasteiger partial charge is 0.203 e. The fourth-order valence-corrected chi connectivity index (χ4v) is 3.28. The van der Waals surface area contributed by atoms with E-state index in [9.17, 15) is 0 Å². The highest BCUT2D eigenvalue weighted by molar-refractivity contribution is 7.77. The molecule has 0 atom stereocenters. The van der Waals surface area contributed by atoms with Gasteiger partial charge in [0.2, 0.25) is 5.95 Å². The average molecular weight is 383 g/mol. The number of anilines is 2. The lowest BCUT2D eigenvalue weighted by atomic mass is 10.1. The van der Waals surface area contributed by atoms with Crippen LogP contribution in [0.1, 0.15) is 0 Å². The lowest BCUT2D eigenvalue weighted by Crippen LogP contribution is -2.43. The quantitative estimate of drug-likeness (QED) is 0.594. The number of hydrogen-bond donors (Lipinski definition) is 3. The molecule has 1 fully saturated rings. The molecule has 0 radical (unpaired) electrons. The van der Waals surface area contributed by atoms with Crippen molar-refractivity contribution in [1.29, 1.82) is 0 Å². The van der Waals surface area contributed by atoms with Gasteiger partial charge in [-0.25, -0.2) is 14.3 Å². The molecule has 0 unspecified atom stereocenters. The summed E-state index contributed by atoms with van der Waals surface area (Å²) in [5.41, 5.74) is 9.42. The van der Waals surface area contributed by atoms with Crippen LogP contribution in [-0.4, -0.2) is 57.5 Å². The van der Waals surface area contributed by atoms with Crippen molar-refractivity contribution in [3.63, 3.8) is 0 Å². The van der Waals surface area contributed by atoms with Gasteiger partial charge in [-0.15, -0.1) is 0 Å². The highest BCUT2D eigenvalue weighted by Crippen LogP contribution is 2.34. The summed E-state index contributed by atoms with van der Waals surface area (Å²) in [5, 5.41) is 0. The Labute approximate surface area is 162 Å². The summed E-state index contributed by atoms with van der Waals surface area (Å²) in [7, 11) is 1.58. The summed E-state index contributed by atoms with van der Waals surface area (Å²) in [6.07, 6.45) is 5.25. The van der Waals surface area contributed by atoms with E-state index in [1.165, 1.54) is 0 Å². The van der Waals surface area contributed by atoms with Gasteiger partial charge in [-0.2, -0.15) is 0 Å². The van der Waals surface area contributed by atoms with Crippen LogP contribution in [0.2, 0.25) is 0 Å². The number of methoxy groups -OCH3 is 1. The van der Waals surface area contributed by atoms with Crippen LogP contribution in [0.15, 0.2) is 36.8 Å². The predicted molar refractivity (Wildman–Crippen MR) is 109 cm³/mol. The molecule has 3 aromatic rings. The maximum atomic E-state index is 5.87. The van der Waals surface area contributed by atoms with Gasteiger partial charge >= 0.3 is 0 Å². The van der Waals surface area contributed by atoms with Gasteiger partial charge in [-0.05, 0) is 18.2 Å². The molecular formula is C18H21N7OS. The van der Waals surface area contributed by atoms with Crippen LogP contribution < -0.4 is 15.4 Å². The van der Waals surface area contributed by atoms with E-state index >= 15 is 0 Å². The molecule has 9 heteroatoms. The van der Waals surface area contributed by atoms with Crippen molar-refractivity contribution >= 4 is 24.6 Å². The first-order valence-electron chi connectivity index (χ1n) is 8.65. The van der Waals surface area contributed by atoms with Gasteiger partial charge in [0.25, 0.3) is 0 Å². The van der Waals surface area contributed by atoms with Crippen molar-refractivity contribution in [3.05, 3.63) is 36.8 Å². The normalized spacial score (nSPS) is 15.1. The van der Waals surface area contributed by atoms with Gasteiger partial charge < -0.3 is 20.4 Å². The number of nitrogens with zero attached hydrogens (tertiary/aromatic N) is 5. The highest BCUT2D eigenvalue weighted by atomic mass is 32.1. The summed E-state index contributed by atoms with van der Waals surface area (Å²) in [6, 6.07) is 5.77. The van der Waals surface area contributed by atoms with Gasteiger partial charge in [-0.3, -0.25) is 4.98 Å². The van der Waals surface area contributed by atoms with E-state index in [4.69, 9.17) is 15.5 Å². The number of aromatic amines is 1. The number of pyridine rings is 2. The van der Waals surface area contributed by atoms with Crippen LogP contribution in [0.3, 0.4) is 0 Å². The Morgan fingerprint density at radius 2 is 1.89 bits per heavy atom. The van der Waals surface area contributed by atoms with Crippen LogP contribution in [0.25, 0.3) is 22.5 Å². The van der Waals surface area contributed by atoms with Gasteiger partial charge in [0, 0.05) is 55.9 Å². The second-order valence-electron chi connectivity index (χ2n) is 6.27. The molecule has 27 heavy (non-hydrogen) atoms. The Bertz CT molecular complexity index is 923. The lowest BCUT2D eigenvalue weighted by Gasteiger charge is -2.31. The topological polar surface area (TPSA) is 96.2 Å². The monoisotopic (exact) mass is 383 g/mol. The van der Waals surface area contributed by atoms with Crippen LogP contribution in [0, 0.1) is 0 Å². The van der Waals surface area contributed by atoms with Crippen LogP contribution in [-0.2, 0) is 0 Å². The van der Waals surface area contributed by atoms with Crippen molar-refractivity contribution < 1.29 is 4.74 Å². The first-order valence-corrected chi connectivity index (χ1v) is 9.05. The minimum Gasteiger partial charge on any atom is -0.493 e. The molecule has 0 saturated carbocycles. The van der Waals surface area contributed by atoms with Crippen molar-refractivity contribution in [2.24, 2.45) is 0 Å². The van der Waals surface area contributed by atoms with E-state index in [2.05, 4.69) is 32.7 Å². The maximum absolute atomic E-state index is 5.87. The first kappa shape index (κ1) is 17.6. The Kier molecular flexibility index (Phi) is 4.87. The van der Waals surface area contributed by atoms with Crippen molar-refractivity contribution in [2.75, 3.05) is 43.9 Å². The second kappa shape index (κ2) is 7.45. The Balaban J connectivity index is 1.79. The third-order valence-corrected chi connectivity index (χ3v) is 4.99. The molecule has 3 aromatic heterocycles. The molecule has 1 aliphatic heterocycles. The van der Waals surface area contributed by atoms with E-state index in [1.54, 1.807) is 25.7 Å². The summed E-state index contributed by atoms with van der Waals surface area (Å²) < 4.78 is 7.34. The Morgan fingerprint density at radius 3 is 2.59 bits per heavy atom. The molecule has 3 N–H and O–H groups in total. The minimum absolute atomic E-state index is 0.354. The summed E-state index contributed by atoms with van der Waals surface area (Å²) in [4.78, 5) is 18.9. The zero-order valence-corrected chi connectivity index (χ0v) is 15.9. The molecular weight excluding hydrogens is 362 g/mol. The van der Waals surface area contributed by atoms with E-state index < -0.39 is 0 Å². The number of piperazine rings is 1. The number of thiol groups is 1. The number of nitrogen functional groups attached to an aromatic ring is 1.